The van der Waals surface area contributed by atoms with E-state index in [2.05, 4.69) is 15.3 Å². The zero-order valence-electron chi connectivity index (χ0n) is 16.3. The molecule has 2 N–H and O–H groups in total. The normalized spacial score (nSPS) is 22.1. The Morgan fingerprint density at radius 3 is 2.75 bits per heavy atom. The molecule has 0 radical (unpaired) electrons. The summed E-state index contributed by atoms with van der Waals surface area (Å²) in [6.07, 6.45) is 6.34. The van der Waals surface area contributed by atoms with Crippen molar-refractivity contribution < 1.29 is 17.5 Å². The summed E-state index contributed by atoms with van der Waals surface area (Å²) >= 11 is 0. The molecule has 2 aromatic heterocycles. The van der Waals surface area contributed by atoms with Gasteiger partial charge in [0.15, 0.2) is 11.6 Å². The number of fused-ring (bicyclic) bond motifs is 1. The number of carbonyl (C=O) groups excluding carboxylic acids is 1. The van der Waals surface area contributed by atoms with Crippen molar-refractivity contribution in [3.8, 4) is 11.3 Å². The summed E-state index contributed by atoms with van der Waals surface area (Å²) in [5.41, 5.74) is 1.08. The fourth-order valence-electron chi connectivity index (χ4n) is 3.83. The Morgan fingerprint density at radius 1 is 1.29 bits per heavy atom. The molecule has 1 fully saturated rings. The lowest BCUT2D eigenvalue weighted by Crippen LogP contribution is -2.44. The lowest BCUT2D eigenvalue weighted by molar-refractivity contribution is -0.115. The van der Waals surface area contributed by atoms with E-state index in [1.165, 1.54) is 0 Å². The molecular weight excluding hydrogens is 358 g/mol. The van der Waals surface area contributed by atoms with Gasteiger partial charge in [-0.05, 0) is 45.2 Å². The molecule has 2 aromatic rings. The van der Waals surface area contributed by atoms with Crippen LogP contribution in [0.2, 0.25) is 0 Å². The Bertz CT molecular complexity index is 889. The van der Waals surface area contributed by atoms with Crippen LogP contribution in [0.15, 0.2) is 24.5 Å². The number of nitrogens with one attached hydrogen (secondary N) is 1. The second-order valence-electron chi connectivity index (χ2n) is 7.92. The molecule has 0 unspecified atom stereocenters. The van der Waals surface area contributed by atoms with Crippen molar-refractivity contribution in [2.75, 3.05) is 23.9 Å². The molecule has 1 saturated carbocycles. The third kappa shape index (κ3) is 3.57. The molecule has 4 rings (SSSR count). The Labute approximate surface area is 166 Å². The van der Waals surface area contributed by atoms with Gasteiger partial charge in [0, 0.05) is 27.8 Å². The fraction of sp³-hybridized carbons (Fsp3) is 0.500. The highest BCUT2D eigenvalue weighted by atomic mass is 16.5. The number of rotatable bonds is 4. The zero-order chi connectivity index (χ0) is 19.9. The minimum absolute atomic E-state index is 0. The van der Waals surface area contributed by atoms with Crippen LogP contribution in [0, 0.1) is 0 Å². The first kappa shape index (κ1) is 18.8. The number of aromatic nitrogens is 3. The molecule has 152 valence electrons. The summed E-state index contributed by atoms with van der Waals surface area (Å²) in [6.45, 7) is 3.66. The second kappa shape index (κ2) is 7.10. The van der Waals surface area contributed by atoms with Crippen molar-refractivity contribution in [1.29, 1.82) is 0 Å². The summed E-state index contributed by atoms with van der Waals surface area (Å²) in [5, 5.41) is 12.9. The quantitative estimate of drug-likeness (QED) is 0.831. The molecule has 1 amide bonds. The van der Waals surface area contributed by atoms with Gasteiger partial charge in [0.2, 0.25) is 5.91 Å². The smallest absolute Gasteiger partial charge is 0.245 e. The van der Waals surface area contributed by atoms with Gasteiger partial charge < -0.3 is 20.1 Å². The second-order valence-corrected chi connectivity index (χ2v) is 7.92. The molecule has 2 aliphatic rings. The molecule has 8 heteroatoms. The number of amides is 1. The third-order valence-electron chi connectivity index (χ3n) is 5.41. The maximum absolute atomic E-state index is 12.1. The predicted molar refractivity (Wildman–Crippen MR) is 109 cm³/mol. The number of carbonyl (C=O) groups is 1. The van der Waals surface area contributed by atoms with Crippen LogP contribution < -0.4 is 10.2 Å². The Balaban J connectivity index is 0.00000160. The molecule has 0 aromatic carbocycles. The molecule has 1 aliphatic carbocycles. The summed E-state index contributed by atoms with van der Waals surface area (Å²) in [7, 11) is 1.73. The summed E-state index contributed by atoms with van der Waals surface area (Å²) in [4.78, 5) is 27.8. The molecule has 1 aliphatic heterocycles. The van der Waals surface area contributed by atoms with Gasteiger partial charge in [-0.25, -0.2) is 9.97 Å². The lowest BCUT2D eigenvalue weighted by Gasteiger charge is -2.34. The minimum Gasteiger partial charge on any atom is -0.384 e. The lowest BCUT2D eigenvalue weighted by atomic mass is 10.0. The molecule has 3 heterocycles. The fourth-order valence-corrected chi connectivity index (χ4v) is 3.83. The number of aliphatic hydroxyl groups is 1. The number of hydrogen-bond acceptors (Lipinski definition) is 7. The Morgan fingerprint density at radius 2 is 2.11 bits per heavy atom. The van der Waals surface area contributed by atoms with Crippen LogP contribution >= 0.6 is 0 Å². The number of anilines is 2. The summed E-state index contributed by atoms with van der Waals surface area (Å²) in [5.74, 6) is 1.10. The van der Waals surface area contributed by atoms with Crippen LogP contribution in [-0.4, -0.2) is 51.8 Å². The van der Waals surface area contributed by atoms with Gasteiger partial charge in [0.05, 0.1) is 30.2 Å². The van der Waals surface area contributed by atoms with Crippen molar-refractivity contribution in [1.82, 2.24) is 15.0 Å². The molecule has 0 saturated heterocycles. The van der Waals surface area contributed by atoms with Gasteiger partial charge in [0.25, 0.3) is 0 Å². The van der Waals surface area contributed by atoms with Crippen LogP contribution in [0.1, 0.15) is 41.7 Å². The van der Waals surface area contributed by atoms with E-state index in [1.807, 2.05) is 11.0 Å². The first-order chi connectivity index (χ1) is 13.3. The van der Waals surface area contributed by atoms with Crippen LogP contribution in [0.4, 0.5) is 11.6 Å². The van der Waals surface area contributed by atoms with E-state index in [1.54, 1.807) is 39.4 Å². The van der Waals surface area contributed by atoms with Crippen LogP contribution in [0.25, 0.3) is 11.3 Å². The standard InChI is InChI=1S/C20H25N5O3.2H2/c1-20(2,27)16-7-4-12(9-21-16)15-10-22-18-19(23-15)25(11-17(26)24-18)13-5-6-14(8-13)28-3;;/h4,7,9-10,13-14,27H,5-6,8,11H2,1-3H3,(H,22,24,26);2*1H/t13-,14-;;/m1../s1. The Kier molecular flexibility index (Phi) is 4.76. The molecular formula is C20H29N5O3. The zero-order valence-corrected chi connectivity index (χ0v) is 16.3. The SMILES string of the molecule is CO[C@@H]1CC[C@@H](N2CC(=O)Nc3ncc(-c4ccc(C(C)(C)O)nc4)nc32)C1.[HH].[HH]. The monoisotopic (exact) mass is 387 g/mol. The van der Waals surface area contributed by atoms with Gasteiger partial charge in [-0.1, -0.05) is 0 Å². The van der Waals surface area contributed by atoms with Gasteiger partial charge in [-0.3, -0.25) is 9.78 Å². The van der Waals surface area contributed by atoms with E-state index in [4.69, 9.17) is 9.72 Å². The van der Waals surface area contributed by atoms with E-state index in [0.717, 1.165) is 24.8 Å². The van der Waals surface area contributed by atoms with Crippen molar-refractivity contribution in [2.45, 2.75) is 50.9 Å². The first-order valence-corrected chi connectivity index (χ1v) is 9.51. The Hall–Kier alpha value is -2.58. The largest absolute Gasteiger partial charge is 0.384 e. The number of hydrogen-bond donors (Lipinski definition) is 2. The highest BCUT2D eigenvalue weighted by Gasteiger charge is 2.35. The maximum atomic E-state index is 12.1. The highest BCUT2D eigenvalue weighted by molar-refractivity contribution is 5.99. The average molecular weight is 387 g/mol. The van der Waals surface area contributed by atoms with Crippen LogP contribution in [-0.2, 0) is 15.1 Å². The van der Waals surface area contributed by atoms with Crippen molar-refractivity contribution >= 4 is 17.5 Å². The van der Waals surface area contributed by atoms with Crippen LogP contribution in [0.3, 0.4) is 0 Å². The van der Waals surface area contributed by atoms with E-state index < -0.39 is 5.60 Å². The van der Waals surface area contributed by atoms with E-state index in [-0.39, 0.29) is 27.5 Å². The first-order valence-electron chi connectivity index (χ1n) is 9.51. The van der Waals surface area contributed by atoms with Crippen LogP contribution in [0.5, 0.6) is 0 Å². The molecule has 28 heavy (non-hydrogen) atoms. The number of methoxy groups -OCH3 is 1. The number of nitrogens with zero attached hydrogens (tertiary/aromatic N) is 4. The topological polar surface area (TPSA) is 100 Å². The summed E-state index contributed by atoms with van der Waals surface area (Å²) < 4.78 is 5.49. The number of ether oxygens (including phenoxy) is 1. The third-order valence-corrected chi connectivity index (χ3v) is 5.41. The molecule has 0 spiro atoms. The van der Waals surface area contributed by atoms with E-state index in [9.17, 15) is 9.90 Å². The number of pyridine rings is 1. The maximum Gasteiger partial charge on any atom is 0.245 e. The van der Waals surface area contributed by atoms with Gasteiger partial charge >= 0.3 is 0 Å². The van der Waals surface area contributed by atoms with E-state index in [0.29, 0.717) is 23.0 Å². The highest BCUT2D eigenvalue weighted by Crippen LogP contribution is 2.35. The molecule has 2 atom stereocenters. The van der Waals surface area contributed by atoms with Crippen molar-refractivity contribution in [2.24, 2.45) is 0 Å². The van der Waals surface area contributed by atoms with Gasteiger partial charge in [0.1, 0.15) is 5.60 Å². The average Bonchev–Trinajstić information content (AvgIpc) is 3.15. The summed E-state index contributed by atoms with van der Waals surface area (Å²) in [6, 6.07) is 3.87. The van der Waals surface area contributed by atoms with Crippen molar-refractivity contribution in [3.63, 3.8) is 0 Å². The van der Waals surface area contributed by atoms with Gasteiger partial charge in [-0.15, -0.1) is 0 Å². The predicted octanol–water partition coefficient (Wildman–Crippen LogP) is 2.58. The minimum atomic E-state index is -0.999. The molecule has 0 bridgehead atoms. The van der Waals surface area contributed by atoms with Gasteiger partial charge in [-0.2, -0.15) is 0 Å². The van der Waals surface area contributed by atoms with E-state index >= 15 is 0 Å². The van der Waals surface area contributed by atoms with Crippen molar-refractivity contribution in [3.05, 3.63) is 30.2 Å². The molecule has 8 nitrogen and oxygen atoms in total.